The predicted octanol–water partition coefficient (Wildman–Crippen LogP) is 3.39. The molecule has 0 saturated carbocycles. The summed E-state index contributed by atoms with van der Waals surface area (Å²) in [5.74, 6) is -0.563. The van der Waals surface area contributed by atoms with Gasteiger partial charge in [-0.25, -0.2) is 4.79 Å². The first-order valence-corrected chi connectivity index (χ1v) is 7.30. The van der Waals surface area contributed by atoms with E-state index in [0.29, 0.717) is 6.61 Å². The third kappa shape index (κ3) is 4.96. The molecule has 1 aromatic carbocycles. The van der Waals surface area contributed by atoms with Gasteiger partial charge in [0.1, 0.15) is 11.6 Å². The monoisotopic (exact) mass is 286 g/mol. The number of anilines is 1. The molecule has 21 heavy (non-hydrogen) atoms. The summed E-state index contributed by atoms with van der Waals surface area (Å²) in [7, 11) is 0. The minimum Gasteiger partial charge on any atom is -0.462 e. The zero-order valence-corrected chi connectivity index (χ0v) is 12.9. The molecule has 4 nitrogen and oxygen atoms in total. The number of hydrogen-bond donors (Lipinski definition) is 0. The van der Waals surface area contributed by atoms with Gasteiger partial charge in [-0.3, -0.25) is 0 Å². The van der Waals surface area contributed by atoms with Crippen molar-refractivity contribution in [3.8, 4) is 6.07 Å². The molecule has 0 saturated heterocycles. The molecule has 0 bridgehead atoms. The fourth-order valence-electron chi connectivity index (χ4n) is 1.95. The minimum absolute atomic E-state index is 0.0269. The molecule has 0 aliphatic carbocycles. The van der Waals surface area contributed by atoms with E-state index in [0.717, 1.165) is 30.8 Å². The van der Waals surface area contributed by atoms with Crippen LogP contribution in [0, 0.1) is 11.3 Å². The van der Waals surface area contributed by atoms with Crippen LogP contribution < -0.4 is 4.90 Å². The summed E-state index contributed by atoms with van der Waals surface area (Å²) in [6.07, 6.45) is 2.30. The fraction of sp³-hybridized carbons (Fsp3) is 0.412. The Balaban J connectivity index is 2.87. The van der Waals surface area contributed by atoms with E-state index in [9.17, 15) is 4.79 Å². The standard InChI is InChI=1S/C17H22N2O2/c1-4-11-21-17(20)15(13-18)12-14-7-9-16(10-8-14)19(5-2)6-3/h7-10,12H,4-6,11H2,1-3H3/b15-12+. The van der Waals surface area contributed by atoms with Crippen molar-refractivity contribution in [3.05, 3.63) is 35.4 Å². The lowest BCUT2D eigenvalue weighted by atomic mass is 10.1. The van der Waals surface area contributed by atoms with Crippen LogP contribution in [0.5, 0.6) is 0 Å². The van der Waals surface area contributed by atoms with E-state index in [1.165, 1.54) is 0 Å². The smallest absolute Gasteiger partial charge is 0.348 e. The molecule has 0 N–H and O–H groups in total. The lowest BCUT2D eigenvalue weighted by Gasteiger charge is -2.20. The molecule has 0 amide bonds. The number of benzene rings is 1. The summed E-state index contributed by atoms with van der Waals surface area (Å²) in [5.41, 5.74) is 1.97. The van der Waals surface area contributed by atoms with Gasteiger partial charge >= 0.3 is 5.97 Å². The van der Waals surface area contributed by atoms with Crippen LogP contribution >= 0.6 is 0 Å². The SMILES string of the molecule is CCCOC(=O)/C(C#N)=C/c1ccc(N(CC)CC)cc1. The Morgan fingerprint density at radius 1 is 1.24 bits per heavy atom. The molecule has 112 valence electrons. The quantitative estimate of drug-likeness (QED) is 0.438. The first-order chi connectivity index (χ1) is 10.2. The molecule has 4 heteroatoms. The average Bonchev–Trinajstić information content (AvgIpc) is 2.52. The largest absolute Gasteiger partial charge is 0.462 e. The van der Waals surface area contributed by atoms with Crippen molar-refractivity contribution >= 4 is 17.7 Å². The van der Waals surface area contributed by atoms with Crippen LogP contribution in [-0.2, 0) is 9.53 Å². The Morgan fingerprint density at radius 2 is 1.86 bits per heavy atom. The highest BCUT2D eigenvalue weighted by molar-refractivity contribution is 5.97. The molecular formula is C17H22N2O2. The number of hydrogen-bond acceptors (Lipinski definition) is 4. The molecule has 0 fully saturated rings. The van der Waals surface area contributed by atoms with Gasteiger partial charge in [-0.1, -0.05) is 19.1 Å². The van der Waals surface area contributed by atoms with Crippen LogP contribution in [-0.4, -0.2) is 25.7 Å². The molecule has 1 aromatic rings. The summed E-state index contributed by atoms with van der Waals surface area (Å²) in [5, 5.41) is 9.05. The van der Waals surface area contributed by atoms with Crippen molar-refractivity contribution in [2.24, 2.45) is 0 Å². The highest BCUT2D eigenvalue weighted by atomic mass is 16.5. The Hall–Kier alpha value is -2.28. The number of nitrogens with zero attached hydrogens (tertiary/aromatic N) is 2. The van der Waals surface area contributed by atoms with Crippen LogP contribution in [0.4, 0.5) is 5.69 Å². The Morgan fingerprint density at radius 3 is 2.33 bits per heavy atom. The van der Waals surface area contributed by atoms with Gasteiger partial charge in [0.15, 0.2) is 0 Å². The van der Waals surface area contributed by atoms with Gasteiger partial charge in [0.2, 0.25) is 0 Å². The topological polar surface area (TPSA) is 53.3 Å². The van der Waals surface area contributed by atoms with Gasteiger partial charge in [-0.05, 0) is 44.0 Å². The summed E-state index contributed by atoms with van der Waals surface area (Å²) < 4.78 is 4.98. The van der Waals surface area contributed by atoms with Gasteiger partial charge in [0, 0.05) is 18.8 Å². The van der Waals surface area contributed by atoms with E-state index in [1.807, 2.05) is 37.3 Å². The van der Waals surface area contributed by atoms with Gasteiger partial charge in [0.05, 0.1) is 6.61 Å². The zero-order chi connectivity index (χ0) is 15.7. The molecule has 0 radical (unpaired) electrons. The number of rotatable bonds is 7. The summed E-state index contributed by atoms with van der Waals surface area (Å²) in [6, 6.07) is 9.68. The van der Waals surface area contributed by atoms with Crippen molar-refractivity contribution < 1.29 is 9.53 Å². The van der Waals surface area contributed by atoms with Gasteiger partial charge in [0.25, 0.3) is 0 Å². The van der Waals surface area contributed by atoms with E-state index in [-0.39, 0.29) is 5.57 Å². The highest BCUT2D eigenvalue weighted by Gasteiger charge is 2.10. The maximum Gasteiger partial charge on any atom is 0.348 e. The zero-order valence-electron chi connectivity index (χ0n) is 12.9. The first kappa shape index (κ1) is 16.8. The summed E-state index contributed by atoms with van der Waals surface area (Å²) in [4.78, 5) is 13.9. The molecule has 0 heterocycles. The van der Waals surface area contributed by atoms with E-state index in [4.69, 9.17) is 10.00 Å². The molecule has 0 unspecified atom stereocenters. The van der Waals surface area contributed by atoms with Gasteiger partial charge in [-0.15, -0.1) is 0 Å². The van der Waals surface area contributed by atoms with Gasteiger partial charge in [-0.2, -0.15) is 5.26 Å². The maximum absolute atomic E-state index is 11.7. The number of carbonyl (C=O) groups excluding carboxylic acids is 1. The van der Waals surface area contributed by atoms with E-state index in [1.54, 1.807) is 6.08 Å². The molecule has 0 aliphatic rings. The maximum atomic E-state index is 11.7. The molecule has 0 aliphatic heterocycles. The Bertz CT molecular complexity index is 523. The van der Waals surface area contributed by atoms with Crippen molar-refractivity contribution in [2.45, 2.75) is 27.2 Å². The second-order valence-electron chi connectivity index (χ2n) is 4.57. The fourth-order valence-corrected chi connectivity index (χ4v) is 1.95. The van der Waals surface area contributed by atoms with Crippen LogP contribution in [0.25, 0.3) is 6.08 Å². The molecule has 1 rings (SSSR count). The lowest BCUT2D eigenvalue weighted by molar-refractivity contribution is -0.138. The van der Waals surface area contributed by atoms with Crippen LogP contribution in [0.15, 0.2) is 29.8 Å². The number of ether oxygens (including phenoxy) is 1. The van der Waals surface area contributed by atoms with Crippen molar-refractivity contribution in [1.29, 1.82) is 5.26 Å². The Labute approximate surface area is 126 Å². The van der Waals surface area contributed by atoms with E-state index < -0.39 is 5.97 Å². The molecular weight excluding hydrogens is 264 g/mol. The second kappa shape index (κ2) is 8.80. The number of esters is 1. The summed E-state index contributed by atoms with van der Waals surface area (Å²) in [6.45, 7) is 8.34. The first-order valence-electron chi connectivity index (χ1n) is 7.30. The van der Waals surface area contributed by atoms with Gasteiger partial charge < -0.3 is 9.64 Å². The van der Waals surface area contributed by atoms with E-state index in [2.05, 4.69) is 18.7 Å². The highest BCUT2D eigenvalue weighted by Crippen LogP contribution is 2.17. The number of nitriles is 1. The normalized spacial score (nSPS) is 10.9. The Kier molecular flexibility index (Phi) is 7.03. The van der Waals surface area contributed by atoms with Crippen molar-refractivity contribution in [1.82, 2.24) is 0 Å². The molecule has 0 atom stereocenters. The molecule has 0 spiro atoms. The van der Waals surface area contributed by atoms with Crippen LogP contribution in [0.2, 0.25) is 0 Å². The van der Waals surface area contributed by atoms with Crippen molar-refractivity contribution in [3.63, 3.8) is 0 Å². The predicted molar refractivity (Wildman–Crippen MR) is 84.8 cm³/mol. The van der Waals surface area contributed by atoms with Crippen LogP contribution in [0.3, 0.4) is 0 Å². The average molecular weight is 286 g/mol. The van der Waals surface area contributed by atoms with Crippen LogP contribution in [0.1, 0.15) is 32.8 Å². The summed E-state index contributed by atoms with van der Waals surface area (Å²) >= 11 is 0. The lowest BCUT2D eigenvalue weighted by Crippen LogP contribution is -2.21. The second-order valence-corrected chi connectivity index (χ2v) is 4.57. The molecule has 0 aromatic heterocycles. The van der Waals surface area contributed by atoms with E-state index >= 15 is 0 Å². The minimum atomic E-state index is -0.563. The third-order valence-electron chi connectivity index (χ3n) is 3.11. The third-order valence-corrected chi connectivity index (χ3v) is 3.11. The van der Waals surface area contributed by atoms with Crippen molar-refractivity contribution in [2.75, 3.05) is 24.6 Å². The number of carbonyl (C=O) groups is 1.